The highest BCUT2D eigenvalue weighted by atomic mass is 15.1. The van der Waals surface area contributed by atoms with E-state index < -0.39 is 0 Å². The Balaban J connectivity index is 2.82. The third-order valence-corrected chi connectivity index (χ3v) is 3.12. The summed E-state index contributed by atoms with van der Waals surface area (Å²) in [5, 5.41) is 12.4. The SMILES string of the molecule is CC(C)CC(CN(C)C)Nc1ccc(N)c(CC#N)c1. The van der Waals surface area contributed by atoms with Crippen molar-refractivity contribution in [3.05, 3.63) is 23.8 Å². The van der Waals surface area contributed by atoms with Gasteiger partial charge in [0.05, 0.1) is 12.5 Å². The van der Waals surface area contributed by atoms with Gasteiger partial charge < -0.3 is 16.0 Å². The Morgan fingerprint density at radius 1 is 1.35 bits per heavy atom. The van der Waals surface area contributed by atoms with Gasteiger partial charge in [-0.15, -0.1) is 0 Å². The van der Waals surface area contributed by atoms with Crippen LogP contribution in [0.1, 0.15) is 25.8 Å². The average Bonchev–Trinajstić information content (AvgIpc) is 2.32. The summed E-state index contributed by atoms with van der Waals surface area (Å²) in [6, 6.07) is 8.39. The topological polar surface area (TPSA) is 65.1 Å². The van der Waals surface area contributed by atoms with E-state index in [1.165, 1.54) is 0 Å². The van der Waals surface area contributed by atoms with E-state index in [0.717, 1.165) is 24.2 Å². The van der Waals surface area contributed by atoms with Crippen LogP contribution < -0.4 is 11.1 Å². The maximum absolute atomic E-state index is 8.82. The van der Waals surface area contributed by atoms with E-state index in [-0.39, 0.29) is 0 Å². The van der Waals surface area contributed by atoms with Crippen molar-refractivity contribution in [2.45, 2.75) is 32.7 Å². The lowest BCUT2D eigenvalue weighted by atomic mass is 10.0. The Kier molecular flexibility index (Phi) is 6.33. The number of nitrogen functional groups attached to an aromatic ring is 1. The maximum atomic E-state index is 8.82. The van der Waals surface area contributed by atoms with Gasteiger partial charge in [-0.25, -0.2) is 0 Å². The zero-order valence-electron chi connectivity index (χ0n) is 13.0. The zero-order valence-corrected chi connectivity index (χ0v) is 13.0. The van der Waals surface area contributed by atoms with E-state index in [0.29, 0.717) is 24.1 Å². The molecule has 1 atom stereocenters. The number of nitrogens with zero attached hydrogens (tertiary/aromatic N) is 2. The summed E-state index contributed by atoms with van der Waals surface area (Å²) in [4.78, 5) is 2.19. The quantitative estimate of drug-likeness (QED) is 0.750. The molecule has 0 saturated heterocycles. The lowest BCUT2D eigenvalue weighted by Crippen LogP contribution is -2.33. The molecular weight excluding hydrogens is 248 g/mol. The molecule has 0 heterocycles. The largest absolute Gasteiger partial charge is 0.398 e. The van der Waals surface area contributed by atoms with E-state index in [9.17, 15) is 0 Å². The van der Waals surface area contributed by atoms with Gasteiger partial charge in [0.25, 0.3) is 0 Å². The molecule has 1 aromatic carbocycles. The summed E-state index contributed by atoms with van der Waals surface area (Å²) in [6.45, 7) is 5.44. The minimum Gasteiger partial charge on any atom is -0.398 e. The fraction of sp³-hybridized carbons (Fsp3) is 0.562. The highest BCUT2D eigenvalue weighted by Crippen LogP contribution is 2.20. The monoisotopic (exact) mass is 274 g/mol. The highest BCUT2D eigenvalue weighted by Gasteiger charge is 2.12. The van der Waals surface area contributed by atoms with E-state index >= 15 is 0 Å². The summed E-state index contributed by atoms with van der Waals surface area (Å²) >= 11 is 0. The van der Waals surface area contributed by atoms with Crippen LogP contribution in [0.4, 0.5) is 11.4 Å². The molecule has 20 heavy (non-hydrogen) atoms. The number of anilines is 2. The molecule has 1 rings (SSSR count). The number of benzene rings is 1. The molecule has 0 fully saturated rings. The van der Waals surface area contributed by atoms with Gasteiger partial charge in [0, 0.05) is 24.0 Å². The van der Waals surface area contributed by atoms with Crippen molar-refractivity contribution in [3.8, 4) is 6.07 Å². The highest BCUT2D eigenvalue weighted by molar-refractivity contribution is 5.58. The molecule has 1 unspecified atom stereocenters. The van der Waals surface area contributed by atoms with Crippen LogP contribution in [0, 0.1) is 17.2 Å². The number of nitriles is 1. The molecule has 0 aliphatic carbocycles. The Labute approximate surface area is 122 Å². The molecule has 4 heteroatoms. The van der Waals surface area contributed by atoms with Gasteiger partial charge in [-0.3, -0.25) is 0 Å². The van der Waals surface area contributed by atoms with Gasteiger partial charge >= 0.3 is 0 Å². The van der Waals surface area contributed by atoms with Crippen LogP contribution >= 0.6 is 0 Å². The van der Waals surface area contributed by atoms with E-state index in [1.54, 1.807) is 0 Å². The van der Waals surface area contributed by atoms with Crippen LogP contribution in [-0.2, 0) is 6.42 Å². The van der Waals surface area contributed by atoms with Gasteiger partial charge in [-0.05, 0) is 50.2 Å². The third-order valence-electron chi connectivity index (χ3n) is 3.12. The number of rotatable bonds is 7. The van der Waals surface area contributed by atoms with Crippen molar-refractivity contribution in [3.63, 3.8) is 0 Å². The number of hydrogen-bond donors (Lipinski definition) is 2. The van der Waals surface area contributed by atoms with Crippen molar-refractivity contribution in [1.29, 1.82) is 5.26 Å². The zero-order chi connectivity index (χ0) is 15.1. The van der Waals surface area contributed by atoms with Crippen LogP contribution in [0.25, 0.3) is 0 Å². The fourth-order valence-electron chi connectivity index (χ4n) is 2.36. The average molecular weight is 274 g/mol. The third kappa shape index (κ3) is 5.50. The molecule has 3 N–H and O–H groups in total. The summed E-state index contributed by atoms with van der Waals surface area (Å²) in [5.41, 5.74) is 8.50. The first-order valence-corrected chi connectivity index (χ1v) is 7.09. The molecular formula is C16H26N4. The van der Waals surface area contributed by atoms with E-state index in [4.69, 9.17) is 11.0 Å². The molecule has 0 aromatic heterocycles. The second kappa shape index (κ2) is 7.76. The number of likely N-dealkylation sites (N-methyl/N-ethyl adjacent to an activating group) is 1. The Morgan fingerprint density at radius 2 is 2.05 bits per heavy atom. The Morgan fingerprint density at radius 3 is 2.60 bits per heavy atom. The maximum Gasteiger partial charge on any atom is 0.0670 e. The van der Waals surface area contributed by atoms with Crippen LogP contribution in [-0.4, -0.2) is 31.6 Å². The number of nitrogens with two attached hydrogens (primary N) is 1. The lowest BCUT2D eigenvalue weighted by Gasteiger charge is -2.25. The van der Waals surface area contributed by atoms with Crippen molar-refractivity contribution in [1.82, 2.24) is 4.90 Å². The first-order chi connectivity index (χ1) is 9.42. The summed E-state index contributed by atoms with van der Waals surface area (Å²) in [5.74, 6) is 0.639. The van der Waals surface area contributed by atoms with Crippen molar-refractivity contribution in [2.75, 3.05) is 31.7 Å². The summed E-state index contributed by atoms with van der Waals surface area (Å²) < 4.78 is 0. The molecule has 0 amide bonds. The molecule has 0 spiro atoms. The molecule has 1 aromatic rings. The smallest absolute Gasteiger partial charge is 0.0670 e. The van der Waals surface area contributed by atoms with Crippen LogP contribution in [0.3, 0.4) is 0 Å². The normalized spacial score (nSPS) is 12.4. The van der Waals surface area contributed by atoms with Gasteiger partial charge in [-0.1, -0.05) is 13.8 Å². The molecule has 0 aliphatic rings. The minimum atomic E-state index is 0.351. The number of nitrogens with one attached hydrogen (secondary N) is 1. The molecule has 0 aliphatic heterocycles. The minimum absolute atomic E-state index is 0.351. The number of hydrogen-bond acceptors (Lipinski definition) is 4. The van der Waals surface area contributed by atoms with Crippen molar-refractivity contribution in [2.24, 2.45) is 5.92 Å². The Hall–Kier alpha value is -1.73. The van der Waals surface area contributed by atoms with Gasteiger partial charge in [0.1, 0.15) is 0 Å². The molecule has 4 nitrogen and oxygen atoms in total. The van der Waals surface area contributed by atoms with Gasteiger partial charge in [-0.2, -0.15) is 5.26 Å². The first-order valence-electron chi connectivity index (χ1n) is 7.09. The molecule has 0 radical (unpaired) electrons. The van der Waals surface area contributed by atoms with Crippen LogP contribution in [0.5, 0.6) is 0 Å². The predicted octanol–water partition coefficient (Wildman–Crippen LogP) is 2.72. The van der Waals surface area contributed by atoms with Gasteiger partial charge in [0.2, 0.25) is 0 Å². The van der Waals surface area contributed by atoms with E-state index in [1.807, 2.05) is 18.2 Å². The second-order valence-corrected chi connectivity index (χ2v) is 5.98. The van der Waals surface area contributed by atoms with Crippen LogP contribution in [0.2, 0.25) is 0 Å². The molecule has 110 valence electrons. The van der Waals surface area contributed by atoms with Gasteiger partial charge in [0.15, 0.2) is 0 Å². The van der Waals surface area contributed by atoms with Crippen molar-refractivity contribution >= 4 is 11.4 Å². The summed E-state index contributed by atoms with van der Waals surface area (Å²) in [6.07, 6.45) is 1.46. The van der Waals surface area contributed by atoms with Crippen molar-refractivity contribution < 1.29 is 0 Å². The predicted molar refractivity (Wildman–Crippen MR) is 85.6 cm³/mol. The standard InChI is InChI=1S/C16H26N4/c1-12(2)9-15(11-20(3)4)19-14-5-6-16(18)13(10-14)7-8-17/h5-6,10,12,15,19H,7,9,11,18H2,1-4H3. The lowest BCUT2D eigenvalue weighted by molar-refractivity contribution is 0.356. The Bertz CT molecular complexity index is 450. The molecule has 0 saturated carbocycles. The molecule has 0 bridgehead atoms. The first kappa shape index (κ1) is 16.3. The second-order valence-electron chi connectivity index (χ2n) is 5.98. The van der Waals surface area contributed by atoms with E-state index in [2.05, 4.69) is 44.2 Å². The fourth-order valence-corrected chi connectivity index (χ4v) is 2.36. The summed E-state index contributed by atoms with van der Waals surface area (Å²) in [7, 11) is 4.16. The van der Waals surface area contributed by atoms with Crippen LogP contribution in [0.15, 0.2) is 18.2 Å².